The predicted molar refractivity (Wildman–Crippen MR) is 238 cm³/mol. The van der Waals surface area contributed by atoms with Crippen molar-refractivity contribution in [3.8, 4) is 0 Å². The van der Waals surface area contributed by atoms with Crippen LogP contribution in [-0.2, 0) is 33.3 Å². The first-order valence-electron chi connectivity index (χ1n) is 25.6. The Morgan fingerprint density at radius 1 is 0.590 bits per heavy atom. The Labute approximate surface area is 370 Å². The summed E-state index contributed by atoms with van der Waals surface area (Å²) in [6, 6.07) is 0. The van der Waals surface area contributed by atoms with Crippen molar-refractivity contribution in [2.24, 2.45) is 68.0 Å². The second-order valence-electron chi connectivity index (χ2n) is 24.8. The van der Waals surface area contributed by atoms with Crippen LogP contribution in [-0.4, -0.2) is 66.6 Å². The zero-order valence-electron chi connectivity index (χ0n) is 40.5. The summed E-state index contributed by atoms with van der Waals surface area (Å²) < 4.78 is 30.5. The molecule has 9 aliphatic carbocycles. The van der Waals surface area contributed by atoms with E-state index in [0.29, 0.717) is 76.4 Å². The molecule has 11 rings (SSSR count). The van der Waals surface area contributed by atoms with Gasteiger partial charge in [-0.05, 0) is 166 Å². The largest absolute Gasteiger partial charge is 0.466 e. The van der Waals surface area contributed by atoms with Crippen LogP contribution >= 0.6 is 0 Å². The smallest absolute Gasteiger partial charge is 0.302 e. The summed E-state index contributed by atoms with van der Waals surface area (Å²) in [5, 5.41) is 9.81. The SMILES string of the molecule is CC(=O)OCCC1CCCC1=O.CC1(C)C2CC[C@@]1(C)[C@H](O)C2.CC1(C)C2CC[C@@]1(C)[C@H](O[C@@]13CCC[C@@H]1CCO3)C2.CC1(C)C2CC[C@@]1(C)[C@H](O[C@]13CCC[C@H]1CCO3)C2. The standard InChI is InChI=1S/2C17H28O2.C10H18O.C9H14O3/c2*1-15(2)13-6-9-16(15,3)14(11-13)19-17-8-4-5-12(17)7-10-18-17;1-9(2)7-4-5-10(9,3)8(11)6-7;1-7(10)12-6-5-8-3-2-4-9(8)11/h2*12-14H,4-11H2,1-3H3;7-8,11H,4-6H2,1-3H3;8H,2-6H2,1H3/t12-,13?,14+,16-,17+;12-,13?,14-,16+,17+;7?,8-,10+;/m011./s1. The van der Waals surface area contributed by atoms with Gasteiger partial charge in [-0.25, -0.2) is 0 Å². The first-order valence-corrected chi connectivity index (χ1v) is 25.6. The average molecular weight is 853 g/mol. The lowest BCUT2D eigenvalue weighted by Gasteiger charge is -2.43. The van der Waals surface area contributed by atoms with Gasteiger partial charge in [-0.2, -0.15) is 0 Å². The Morgan fingerprint density at radius 2 is 1.05 bits per heavy atom. The minimum absolute atomic E-state index is 0.0313. The van der Waals surface area contributed by atoms with Gasteiger partial charge in [0, 0.05) is 43.9 Å². The van der Waals surface area contributed by atoms with E-state index >= 15 is 0 Å². The number of fused-ring (bicyclic) bond motifs is 8. The zero-order chi connectivity index (χ0) is 43.9. The molecular weight excluding hydrogens is 765 g/mol. The number of ether oxygens (including phenoxy) is 5. The quantitative estimate of drug-likeness (QED) is 0.253. The number of hydrogen-bond acceptors (Lipinski definition) is 8. The number of carbonyl (C=O) groups is 2. The number of hydrogen-bond donors (Lipinski definition) is 1. The average Bonchev–Trinajstić information content (AvgIpc) is 4.09. The maximum atomic E-state index is 11.1. The van der Waals surface area contributed by atoms with Crippen LogP contribution in [0.1, 0.15) is 204 Å². The molecule has 8 nitrogen and oxygen atoms in total. The molecule has 0 aromatic heterocycles. The van der Waals surface area contributed by atoms with E-state index < -0.39 is 0 Å². The molecule has 0 spiro atoms. The number of carbonyl (C=O) groups excluding carboxylic acids is 2. The van der Waals surface area contributed by atoms with Crippen molar-refractivity contribution in [1.82, 2.24) is 0 Å². The van der Waals surface area contributed by atoms with Gasteiger partial charge in [-0.3, -0.25) is 9.59 Å². The van der Waals surface area contributed by atoms with Crippen molar-refractivity contribution in [3.63, 3.8) is 0 Å². The molecule has 2 heterocycles. The van der Waals surface area contributed by atoms with Crippen LogP contribution in [0.5, 0.6) is 0 Å². The topological polar surface area (TPSA) is 101 Å². The Morgan fingerprint density at radius 3 is 1.38 bits per heavy atom. The molecule has 11 aliphatic rings. The third-order valence-electron chi connectivity index (χ3n) is 22.1. The summed E-state index contributed by atoms with van der Waals surface area (Å²) in [5.74, 6) is 3.72. The fraction of sp³-hybridized carbons (Fsp3) is 0.962. The third kappa shape index (κ3) is 7.66. The zero-order valence-corrected chi connectivity index (χ0v) is 40.5. The normalized spacial score (nSPS) is 48.2. The molecule has 0 aromatic rings. The van der Waals surface area contributed by atoms with E-state index in [0.717, 1.165) is 63.1 Å². The first-order chi connectivity index (χ1) is 28.6. The van der Waals surface area contributed by atoms with Crippen molar-refractivity contribution in [2.75, 3.05) is 19.8 Å². The summed E-state index contributed by atoms with van der Waals surface area (Å²) in [6.07, 6.45) is 25.8. The van der Waals surface area contributed by atoms with Crippen molar-refractivity contribution in [1.29, 1.82) is 0 Å². The van der Waals surface area contributed by atoms with Crippen molar-refractivity contribution >= 4 is 11.8 Å². The van der Waals surface area contributed by atoms with Crippen LogP contribution in [0, 0.1) is 68.0 Å². The number of Topliss-reactive ketones (excluding diaryl/α,β-unsaturated/α-hetero) is 1. The van der Waals surface area contributed by atoms with E-state index in [4.69, 9.17) is 23.7 Å². The van der Waals surface area contributed by atoms with Crippen LogP contribution < -0.4 is 0 Å². The van der Waals surface area contributed by atoms with Crippen LogP contribution in [0.25, 0.3) is 0 Å². The highest BCUT2D eigenvalue weighted by Crippen LogP contribution is 2.69. The van der Waals surface area contributed by atoms with E-state index in [-0.39, 0.29) is 35.0 Å². The maximum absolute atomic E-state index is 11.1. The minimum Gasteiger partial charge on any atom is -0.466 e. The number of rotatable bonds is 7. The van der Waals surface area contributed by atoms with E-state index in [9.17, 15) is 14.7 Å². The molecule has 0 amide bonds. The molecule has 348 valence electrons. The summed E-state index contributed by atoms with van der Waals surface area (Å²) in [4.78, 5) is 21.5. The molecular formula is C53H88O8. The molecule has 1 N–H and O–H groups in total. The Bertz CT molecular complexity index is 1510. The number of esters is 1. The van der Waals surface area contributed by atoms with Crippen LogP contribution in [0.2, 0.25) is 0 Å². The Balaban J connectivity index is 0.000000116. The van der Waals surface area contributed by atoms with E-state index in [1.165, 1.54) is 96.8 Å². The lowest BCUT2D eigenvalue weighted by Crippen LogP contribution is -2.45. The van der Waals surface area contributed by atoms with Crippen molar-refractivity contribution in [2.45, 2.75) is 234 Å². The van der Waals surface area contributed by atoms with E-state index in [1.807, 2.05) is 0 Å². The highest BCUT2D eigenvalue weighted by Gasteiger charge is 2.66. The third-order valence-corrected chi connectivity index (χ3v) is 22.1. The minimum atomic E-state index is -0.263. The fourth-order valence-electron chi connectivity index (χ4n) is 16.1. The highest BCUT2D eigenvalue weighted by atomic mass is 16.7. The summed E-state index contributed by atoms with van der Waals surface area (Å²) >= 11 is 0. The van der Waals surface area contributed by atoms with E-state index in [2.05, 4.69) is 62.3 Å². The molecule has 6 bridgehead atoms. The van der Waals surface area contributed by atoms with Crippen LogP contribution in [0.3, 0.4) is 0 Å². The molecule has 14 atom stereocenters. The lowest BCUT2D eigenvalue weighted by molar-refractivity contribution is -0.265. The molecule has 11 fully saturated rings. The van der Waals surface area contributed by atoms with Gasteiger partial charge in [0.15, 0.2) is 11.6 Å². The van der Waals surface area contributed by atoms with Gasteiger partial charge in [-0.1, -0.05) is 62.3 Å². The lowest BCUT2D eigenvalue weighted by atomic mass is 9.70. The molecule has 4 unspecified atom stereocenters. The molecule has 0 radical (unpaired) electrons. The fourth-order valence-corrected chi connectivity index (χ4v) is 16.1. The van der Waals surface area contributed by atoms with Gasteiger partial charge < -0.3 is 28.8 Å². The van der Waals surface area contributed by atoms with Gasteiger partial charge >= 0.3 is 5.97 Å². The summed E-state index contributed by atoms with van der Waals surface area (Å²) in [5.41, 5.74) is 2.23. The number of aliphatic hydroxyl groups is 1. The van der Waals surface area contributed by atoms with Crippen molar-refractivity contribution in [3.05, 3.63) is 0 Å². The highest BCUT2D eigenvalue weighted by molar-refractivity contribution is 5.82. The molecule has 2 saturated heterocycles. The summed E-state index contributed by atoms with van der Waals surface area (Å²) in [7, 11) is 0. The summed E-state index contributed by atoms with van der Waals surface area (Å²) in [6.45, 7) is 25.3. The molecule has 61 heavy (non-hydrogen) atoms. The number of ketones is 1. The molecule has 0 aromatic carbocycles. The first kappa shape index (κ1) is 46.5. The second-order valence-corrected chi connectivity index (χ2v) is 24.8. The molecule has 9 saturated carbocycles. The van der Waals surface area contributed by atoms with Crippen molar-refractivity contribution < 1.29 is 38.4 Å². The predicted octanol–water partition coefficient (Wildman–Crippen LogP) is 11.8. The maximum Gasteiger partial charge on any atom is 0.302 e. The second kappa shape index (κ2) is 16.7. The molecule has 8 heteroatoms. The molecule has 2 aliphatic heterocycles. The number of aliphatic hydroxyl groups excluding tert-OH is 1. The van der Waals surface area contributed by atoms with Crippen LogP contribution in [0.4, 0.5) is 0 Å². The van der Waals surface area contributed by atoms with E-state index in [1.54, 1.807) is 0 Å². The van der Waals surface area contributed by atoms with Gasteiger partial charge in [-0.15, -0.1) is 0 Å². The van der Waals surface area contributed by atoms with Crippen LogP contribution in [0.15, 0.2) is 0 Å². The Hall–Kier alpha value is -1.06. The van der Waals surface area contributed by atoms with Gasteiger partial charge in [0.05, 0.1) is 38.1 Å². The van der Waals surface area contributed by atoms with Gasteiger partial charge in [0.1, 0.15) is 5.78 Å². The van der Waals surface area contributed by atoms with Gasteiger partial charge in [0.2, 0.25) is 0 Å². The monoisotopic (exact) mass is 853 g/mol. The Kier molecular flexibility index (Phi) is 12.7. The van der Waals surface area contributed by atoms with Gasteiger partial charge in [0.25, 0.3) is 0 Å².